The molecule has 0 aromatic heterocycles. The van der Waals surface area contributed by atoms with Crippen LogP contribution in [0.3, 0.4) is 0 Å². The van der Waals surface area contributed by atoms with Gasteiger partial charge in [-0.2, -0.15) is 0 Å². The van der Waals surface area contributed by atoms with Crippen molar-refractivity contribution in [1.82, 2.24) is 0 Å². The van der Waals surface area contributed by atoms with Crippen LogP contribution in [-0.4, -0.2) is 0 Å². The van der Waals surface area contributed by atoms with E-state index >= 15 is 0 Å². The molecule has 5 rings (SSSR count). The predicted octanol–water partition coefficient (Wildman–Crippen LogP) is 18.7. The maximum Gasteiger partial charge on any atom is -0.0219 e. The van der Waals surface area contributed by atoms with Crippen LogP contribution in [0.25, 0.3) is 0 Å². The highest BCUT2D eigenvalue weighted by Gasteiger charge is 2.04. The van der Waals surface area contributed by atoms with Gasteiger partial charge in [0.1, 0.15) is 0 Å². The SMILES string of the molecule is C.C.C.Cc1cc(C(C)C)cc(C)c1C.Cc1cc(C)cc(C(C)C)c1.Cc1ccc(C(C)C)cc1.Cc1ccc(C(C)C)cc1C.Cc1cccc(C(C)C)c1. The summed E-state index contributed by atoms with van der Waals surface area (Å²) < 4.78 is 0. The van der Waals surface area contributed by atoms with Crippen LogP contribution in [0.5, 0.6) is 0 Å². The lowest BCUT2D eigenvalue weighted by Gasteiger charge is -2.11. The van der Waals surface area contributed by atoms with E-state index in [1.165, 1.54) is 77.9 Å². The van der Waals surface area contributed by atoms with E-state index in [1.54, 1.807) is 0 Å². The molecule has 0 heterocycles. The second-order valence-corrected chi connectivity index (χ2v) is 17.1. The summed E-state index contributed by atoms with van der Waals surface area (Å²) in [4.78, 5) is 0. The zero-order valence-corrected chi connectivity index (χ0v) is 38.1. The molecule has 0 N–H and O–H groups in total. The van der Waals surface area contributed by atoms with E-state index in [0.717, 1.165) is 0 Å². The molecule has 5 aromatic carbocycles. The number of aryl methyl sites for hydroxylation is 8. The van der Waals surface area contributed by atoms with Gasteiger partial charge in [0.2, 0.25) is 0 Å². The summed E-state index contributed by atoms with van der Waals surface area (Å²) in [5, 5.41) is 0. The van der Waals surface area contributed by atoms with Crippen molar-refractivity contribution in [1.29, 1.82) is 0 Å². The first-order valence-corrected chi connectivity index (χ1v) is 20.5. The molecule has 318 valence electrons. The molecule has 0 bridgehead atoms. The Labute approximate surface area is 357 Å². The second-order valence-electron chi connectivity index (χ2n) is 17.1. The molecule has 0 amide bonds. The van der Waals surface area contributed by atoms with Crippen LogP contribution >= 0.6 is 0 Å². The minimum Gasteiger partial charge on any atom is -0.0776 e. The van der Waals surface area contributed by atoms with Gasteiger partial charge in [-0.1, -0.05) is 211 Å². The largest absolute Gasteiger partial charge is 0.0776 e. The second kappa shape index (κ2) is 28.5. The van der Waals surface area contributed by atoms with Crippen molar-refractivity contribution in [3.63, 3.8) is 0 Å². The van der Waals surface area contributed by atoms with Crippen LogP contribution in [0.1, 0.15) is 199 Å². The summed E-state index contributed by atoms with van der Waals surface area (Å²) in [6, 6.07) is 35.4. The normalized spacial score (nSPS) is 10.0. The third-order valence-electron chi connectivity index (χ3n) is 10.2. The first-order valence-electron chi connectivity index (χ1n) is 20.5. The first kappa shape index (κ1) is 57.4. The minimum absolute atomic E-state index is 0. The maximum absolute atomic E-state index is 2.30. The smallest absolute Gasteiger partial charge is 0.0219 e. The van der Waals surface area contributed by atoms with Crippen molar-refractivity contribution in [2.24, 2.45) is 0 Å². The lowest BCUT2D eigenvalue weighted by Crippen LogP contribution is -1.93. The third-order valence-corrected chi connectivity index (χ3v) is 10.2. The van der Waals surface area contributed by atoms with Crippen molar-refractivity contribution in [2.45, 2.75) is 183 Å². The van der Waals surface area contributed by atoms with Crippen LogP contribution in [0.4, 0.5) is 0 Å². The molecule has 57 heavy (non-hydrogen) atoms. The van der Waals surface area contributed by atoms with Crippen LogP contribution in [0.15, 0.2) is 97.1 Å². The summed E-state index contributed by atoms with van der Waals surface area (Å²) >= 11 is 0. The lowest BCUT2D eigenvalue weighted by molar-refractivity contribution is 0.861. The first-order chi connectivity index (χ1) is 25.1. The summed E-state index contributed by atoms with van der Waals surface area (Å²) in [5.74, 6) is 3.24. The van der Waals surface area contributed by atoms with Crippen LogP contribution in [0, 0.1) is 62.3 Å². The average Bonchev–Trinajstić information content (AvgIpc) is 3.09. The zero-order chi connectivity index (χ0) is 41.3. The van der Waals surface area contributed by atoms with Gasteiger partial charge in [0.15, 0.2) is 0 Å². The van der Waals surface area contributed by atoms with E-state index in [1.807, 2.05) is 0 Å². The Kier molecular flexibility index (Phi) is 28.7. The van der Waals surface area contributed by atoms with E-state index < -0.39 is 0 Å². The monoisotopic (exact) mass is 775 g/mol. The van der Waals surface area contributed by atoms with Crippen molar-refractivity contribution >= 4 is 0 Å². The third kappa shape index (κ3) is 22.0. The van der Waals surface area contributed by atoms with Gasteiger partial charge in [0.05, 0.1) is 0 Å². The van der Waals surface area contributed by atoms with Gasteiger partial charge in [0, 0.05) is 0 Å². The number of hydrogen-bond acceptors (Lipinski definition) is 0. The van der Waals surface area contributed by atoms with Gasteiger partial charge in [-0.05, 0) is 148 Å². The fourth-order valence-corrected chi connectivity index (χ4v) is 5.85. The molecule has 0 aliphatic rings. The van der Waals surface area contributed by atoms with Gasteiger partial charge in [-0.3, -0.25) is 0 Å². The fourth-order valence-electron chi connectivity index (χ4n) is 5.85. The van der Waals surface area contributed by atoms with Crippen molar-refractivity contribution in [3.05, 3.63) is 175 Å². The van der Waals surface area contributed by atoms with Crippen LogP contribution < -0.4 is 0 Å². The van der Waals surface area contributed by atoms with Gasteiger partial charge in [0.25, 0.3) is 0 Å². The van der Waals surface area contributed by atoms with Gasteiger partial charge in [-0.15, -0.1) is 0 Å². The Bertz CT molecular complexity index is 1770. The summed E-state index contributed by atoms with van der Waals surface area (Å²) in [5.41, 5.74) is 19.7. The highest BCUT2D eigenvalue weighted by molar-refractivity contribution is 5.38. The van der Waals surface area contributed by atoms with E-state index in [4.69, 9.17) is 0 Å². The highest BCUT2D eigenvalue weighted by atomic mass is 14.1. The Balaban J connectivity index is -0.000000632. The predicted molar refractivity (Wildman–Crippen MR) is 265 cm³/mol. The summed E-state index contributed by atoms with van der Waals surface area (Å²) in [6.45, 7) is 41.7. The molecule has 0 spiro atoms. The molecule has 0 saturated carbocycles. The molecular formula is C57H90. The molecule has 0 aliphatic carbocycles. The minimum atomic E-state index is 0. The zero-order valence-electron chi connectivity index (χ0n) is 38.1. The van der Waals surface area contributed by atoms with Gasteiger partial charge < -0.3 is 0 Å². The van der Waals surface area contributed by atoms with E-state index in [-0.39, 0.29) is 22.3 Å². The number of hydrogen-bond donors (Lipinski definition) is 0. The molecule has 0 fully saturated rings. The van der Waals surface area contributed by atoms with Crippen LogP contribution in [-0.2, 0) is 0 Å². The topological polar surface area (TPSA) is 0 Å². The standard InChI is InChI=1S/C12H18.2C11H16.2C10H14.3CH4/c1-8(2)12-6-9(3)11(5)10(4)7-12;1-8(2)11-6-9(3)5-10(4)7-11;1-8(2)11-6-5-9(3)10(4)7-11;1-8(2)10-6-4-9(3)5-7-10;1-8(2)10-6-4-5-9(3)7-10;;;/h6-8H,1-5H3;2*5-8H,1-4H3;2*4-8H,1-3H3;3*1H4. The lowest BCUT2D eigenvalue weighted by atomic mass is 9.95. The quantitative estimate of drug-likeness (QED) is 0.167. The molecule has 5 aromatic rings. The van der Waals surface area contributed by atoms with Gasteiger partial charge >= 0.3 is 0 Å². The summed E-state index contributed by atoms with van der Waals surface area (Å²) in [6.07, 6.45) is 0. The van der Waals surface area contributed by atoms with Crippen molar-refractivity contribution in [2.75, 3.05) is 0 Å². The van der Waals surface area contributed by atoms with Gasteiger partial charge in [-0.25, -0.2) is 0 Å². The fraction of sp³-hybridized carbons (Fsp3) is 0.474. The Morgan fingerprint density at radius 2 is 0.614 bits per heavy atom. The van der Waals surface area contributed by atoms with Crippen LogP contribution in [0.2, 0.25) is 0 Å². The molecule has 0 unspecified atom stereocenters. The molecule has 0 radical (unpaired) electrons. The Hall–Kier alpha value is -3.90. The maximum atomic E-state index is 2.30. The molecule has 0 heteroatoms. The summed E-state index contributed by atoms with van der Waals surface area (Å²) in [7, 11) is 0. The Morgan fingerprint density at radius 3 is 0.982 bits per heavy atom. The number of rotatable bonds is 5. The molecule has 0 aliphatic heterocycles. The molecule has 0 atom stereocenters. The van der Waals surface area contributed by atoms with Crippen molar-refractivity contribution < 1.29 is 0 Å². The molecule has 0 nitrogen and oxygen atoms in total. The van der Waals surface area contributed by atoms with E-state index in [2.05, 4.69) is 229 Å². The average molecular weight is 775 g/mol. The highest BCUT2D eigenvalue weighted by Crippen LogP contribution is 2.22. The Morgan fingerprint density at radius 1 is 0.263 bits per heavy atom. The molecular weight excluding hydrogens is 685 g/mol. The van der Waals surface area contributed by atoms with E-state index in [9.17, 15) is 0 Å². The number of benzene rings is 5. The van der Waals surface area contributed by atoms with E-state index in [0.29, 0.717) is 29.6 Å². The van der Waals surface area contributed by atoms with Crippen molar-refractivity contribution in [3.8, 4) is 0 Å². The molecule has 0 saturated heterocycles.